The average molecular weight is 295 g/mol. The topological polar surface area (TPSA) is 95.9 Å². The summed E-state index contributed by atoms with van der Waals surface area (Å²) >= 11 is 0. The lowest BCUT2D eigenvalue weighted by Gasteiger charge is -2.08. The predicted molar refractivity (Wildman–Crippen MR) is 77.8 cm³/mol. The van der Waals surface area contributed by atoms with Crippen molar-refractivity contribution in [2.45, 2.75) is 13.5 Å². The van der Waals surface area contributed by atoms with Crippen molar-refractivity contribution >= 4 is 16.5 Å². The molecule has 108 valence electrons. The fourth-order valence-electron chi connectivity index (χ4n) is 1.78. The minimum atomic E-state index is -0.892. The van der Waals surface area contributed by atoms with E-state index in [1.165, 1.54) is 0 Å². The van der Waals surface area contributed by atoms with E-state index in [-0.39, 0.29) is 0 Å². The van der Waals surface area contributed by atoms with Crippen LogP contribution in [0.2, 0.25) is 0 Å². The van der Waals surface area contributed by atoms with Gasteiger partial charge in [0.25, 0.3) is 0 Å². The van der Waals surface area contributed by atoms with Gasteiger partial charge in [0.1, 0.15) is 5.75 Å². The second kappa shape index (κ2) is 6.47. The molecule has 0 saturated heterocycles. The molecule has 0 aliphatic heterocycles. The molecule has 1 aromatic carbocycles. The molecule has 20 heavy (non-hydrogen) atoms. The van der Waals surface area contributed by atoms with Crippen molar-refractivity contribution in [3.05, 3.63) is 18.2 Å². The Balaban J connectivity index is 2.31. The van der Waals surface area contributed by atoms with E-state index in [9.17, 15) is 4.21 Å². The fraction of sp³-hybridized carbons (Fsp3) is 0.417. The van der Waals surface area contributed by atoms with Gasteiger partial charge >= 0.3 is 0 Å². The van der Waals surface area contributed by atoms with E-state index in [2.05, 4.69) is 15.5 Å². The monoisotopic (exact) mass is 295 g/mol. The summed E-state index contributed by atoms with van der Waals surface area (Å²) in [6.45, 7) is 2.95. The third-order valence-corrected chi connectivity index (χ3v) is 3.38. The Bertz CT molecular complexity index is 614. The second-order valence-corrected chi connectivity index (χ2v) is 5.78. The smallest absolute Gasteiger partial charge is 0.182 e. The van der Waals surface area contributed by atoms with E-state index in [0.717, 1.165) is 5.56 Å². The average Bonchev–Trinajstić information content (AvgIpc) is 2.84. The number of aryl methyl sites for hydroxylation is 1. The zero-order valence-corrected chi connectivity index (χ0v) is 12.3. The molecule has 0 amide bonds. The van der Waals surface area contributed by atoms with Gasteiger partial charge in [0.2, 0.25) is 0 Å². The summed E-state index contributed by atoms with van der Waals surface area (Å²) in [6, 6.07) is 5.38. The zero-order chi connectivity index (χ0) is 14.5. The van der Waals surface area contributed by atoms with Crippen molar-refractivity contribution in [1.82, 2.24) is 20.2 Å². The lowest BCUT2D eigenvalue weighted by atomic mass is 10.2. The zero-order valence-electron chi connectivity index (χ0n) is 11.4. The van der Waals surface area contributed by atoms with Gasteiger partial charge < -0.3 is 10.5 Å². The van der Waals surface area contributed by atoms with Crippen LogP contribution in [0.1, 0.15) is 6.92 Å². The van der Waals surface area contributed by atoms with Crippen molar-refractivity contribution < 1.29 is 8.95 Å². The van der Waals surface area contributed by atoms with Gasteiger partial charge in [-0.25, -0.2) is 4.68 Å². The molecule has 0 fully saturated rings. The number of hydrogen-bond donors (Lipinski definition) is 1. The summed E-state index contributed by atoms with van der Waals surface area (Å²) in [5.74, 6) is 1.76. The van der Waals surface area contributed by atoms with Gasteiger partial charge in [-0.05, 0) is 29.5 Å². The van der Waals surface area contributed by atoms with E-state index in [1.54, 1.807) is 23.1 Å². The molecule has 0 aliphatic carbocycles. The standard InChI is InChI=1S/C12H17N5O2S/c1-3-19-11-7-9(6-10(13)8-11)12-14-15-16-17(12)4-5-20(2)18/h6-8H,3-5,13H2,1-2H3. The van der Waals surface area contributed by atoms with Crippen LogP contribution in [0.25, 0.3) is 11.4 Å². The maximum Gasteiger partial charge on any atom is 0.182 e. The summed E-state index contributed by atoms with van der Waals surface area (Å²) in [5.41, 5.74) is 7.22. The lowest BCUT2D eigenvalue weighted by molar-refractivity contribution is 0.340. The first-order valence-electron chi connectivity index (χ1n) is 6.20. The number of aromatic nitrogens is 4. The number of hydrogen-bond acceptors (Lipinski definition) is 6. The molecule has 7 nitrogen and oxygen atoms in total. The van der Waals surface area contributed by atoms with Gasteiger partial charge in [-0.1, -0.05) is 0 Å². The van der Waals surface area contributed by atoms with Crippen LogP contribution in [-0.4, -0.2) is 43.0 Å². The molecule has 2 N–H and O–H groups in total. The van der Waals surface area contributed by atoms with Crippen LogP contribution >= 0.6 is 0 Å². The minimum absolute atomic E-state index is 0.490. The highest BCUT2D eigenvalue weighted by atomic mass is 32.2. The number of rotatable bonds is 6. The predicted octanol–water partition coefficient (Wildman–Crippen LogP) is 0.700. The van der Waals surface area contributed by atoms with E-state index >= 15 is 0 Å². The number of nitrogens with two attached hydrogens (primary N) is 1. The Kier molecular flexibility index (Phi) is 4.67. The molecule has 8 heteroatoms. The first-order chi connectivity index (χ1) is 9.60. The Morgan fingerprint density at radius 1 is 1.40 bits per heavy atom. The first kappa shape index (κ1) is 14.4. The molecular formula is C12H17N5O2S. The number of nitrogen functional groups attached to an aromatic ring is 1. The van der Waals surface area contributed by atoms with Crippen molar-refractivity contribution in [3.63, 3.8) is 0 Å². The van der Waals surface area contributed by atoms with Crippen molar-refractivity contribution in [2.24, 2.45) is 0 Å². The summed E-state index contributed by atoms with van der Waals surface area (Å²) in [6.07, 6.45) is 1.65. The van der Waals surface area contributed by atoms with Gasteiger partial charge in [-0.15, -0.1) is 5.10 Å². The molecule has 1 aromatic heterocycles. The van der Waals surface area contributed by atoms with Crippen LogP contribution in [0.3, 0.4) is 0 Å². The Morgan fingerprint density at radius 3 is 2.90 bits per heavy atom. The molecule has 1 unspecified atom stereocenters. The van der Waals surface area contributed by atoms with Crippen LogP contribution in [0.5, 0.6) is 5.75 Å². The number of benzene rings is 1. The SMILES string of the molecule is CCOc1cc(N)cc(-c2nnnn2CCS(C)=O)c1. The summed E-state index contributed by atoms with van der Waals surface area (Å²) < 4.78 is 18.2. The van der Waals surface area contributed by atoms with Crippen LogP contribution in [0, 0.1) is 0 Å². The minimum Gasteiger partial charge on any atom is -0.494 e. The van der Waals surface area contributed by atoms with Crippen LogP contribution in [0.4, 0.5) is 5.69 Å². The number of anilines is 1. The van der Waals surface area contributed by atoms with Gasteiger partial charge in [0.05, 0.1) is 13.2 Å². The van der Waals surface area contributed by atoms with Crippen LogP contribution in [-0.2, 0) is 17.3 Å². The van der Waals surface area contributed by atoms with Crippen molar-refractivity contribution in [3.8, 4) is 17.1 Å². The number of nitrogens with zero attached hydrogens (tertiary/aromatic N) is 4. The molecule has 0 radical (unpaired) electrons. The summed E-state index contributed by atoms with van der Waals surface area (Å²) in [4.78, 5) is 0. The highest BCUT2D eigenvalue weighted by Gasteiger charge is 2.11. The quantitative estimate of drug-likeness (QED) is 0.788. The van der Waals surface area contributed by atoms with Gasteiger partial charge in [0, 0.05) is 40.1 Å². The molecule has 2 rings (SSSR count). The number of ether oxygens (including phenoxy) is 1. The Morgan fingerprint density at radius 2 is 2.20 bits per heavy atom. The van der Waals surface area contributed by atoms with Crippen LogP contribution < -0.4 is 10.5 Å². The van der Waals surface area contributed by atoms with Crippen molar-refractivity contribution in [1.29, 1.82) is 0 Å². The maximum absolute atomic E-state index is 11.2. The molecule has 0 bridgehead atoms. The fourth-order valence-corrected chi connectivity index (χ4v) is 2.21. The second-order valence-electron chi connectivity index (χ2n) is 4.23. The summed E-state index contributed by atoms with van der Waals surface area (Å²) in [7, 11) is -0.892. The Hall–Kier alpha value is -1.96. The van der Waals surface area contributed by atoms with E-state index in [4.69, 9.17) is 10.5 Å². The molecule has 0 saturated carbocycles. The van der Waals surface area contributed by atoms with E-state index < -0.39 is 10.8 Å². The van der Waals surface area contributed by atoms with Crippen molar-refractivity contribution in [2.75, 3.05) is 24.3 Å². The third kappa shape index (κ3) is 3.53. The summed E-state index contributed by atoms with van der Waals surface area (Å²) in [5, 5.41) is 11.6. The highest BCUT2D eigenvalue weighted by molar-refractivity contribution is 7.84. The van der Waals surface area contributed by atoms with Crippen LogP contribution in [0.15, 0.2) is 18.2 Å². The molecule has 0 spiro atoms. The van der Waals surface area contributed by atoms with E-state index in [0.29, 0.717) is 36.2 Å². The van der Waals surface area contributed by atoms with Gasteiger partial charge in [0.15, 0.2) is 5.82 Å². The number of tetrazole rings is 1. The largest absolute Gasteiger partial charge is 0.494 e. The Labute approximate surface area is 119 Å². The first-order valence-corrected chi connectivity index (χ1v) is 7.92. The molecular weight excluding hydrogens is 278 g/mol. The molecule has 1 heterocycles. The van der Waals surface area contributed by atoms with Gasteiger partial charge in [-0.2, -0.15) is 0 Å². The van der Waals surface area contributed by atoms with Gasteiger partial charge in [-0.3, -0.25) is 4.21 Å². The maximum atomic E-state index is 11.2. The molecule has 1 atom stereocenters. The molecule has 0 aliphatic rings. The highest BCUT2D eigenvalue weighted by Crippen LogP contribution is 2.25. The van der Waals surface area contributed by atoms with E-state index in [1.807, 2.05) is 13.0 Å². The molecule has 2 aromatic rings. The third-order valence-electron chi connectivity index (χ3n) is 2.62. The lowest BCUT2D eigenvalue weighted by Crippen LogP contribution is -2.09. The normalized spacial score (nSPS) is 12.3.